The van der Waals surface area contributed by atoms with Gasteiger partial charge in [-0.2, -0.15) is 0 Å². The molecule has 0 heterocycles. The Bertz CT molecular complexity index is 302. The molecule has 1 aromatic rings. The zero-order valence-electron chi connectivity index (χ0n) is 9.48. The summed E-state index contributed by atoms with van der Waals surface area (Å²) in [5.41, 5.74) is 6.79. The average Bonchev–Trinajstić information content (AvgIpc) is 2.18. The normalized spacial score (nSPS) is 12.1. The van der Waals surface area contributed by atoms with E-state index in [1.54, 1.807) is 0 Å². The number of nitrogens with zero attached hydrogens (tertiary/aromatic N) is 2. The van der Waals surface area contributed by atoms with E-state index in [1.807, 2.05) is 13.0 Å². The van der Waals surface area contributed by atoms with Crippen LogP contribution in [-0.2, 0) is 6.54 Å². The molecule has 0 aliphatic rings. The fraction of sp³-hybridized carbons (Fsp3) is 0.417. The Morgan fingerprint density at radius 3 is 2.60 bits per heavy atom. The van der Waals surface area contributed by atoms with Crippen LogP contribution in [0.2, 0.25) is 0 Å². The van der Waals surface area contributed by atoms with E-state index in [0.717, 1.165) is 19.6 Å². The van der Waals surface area contributed by atoms with Crippen LogP contribution in [0, 0.1) is 0 Å². The molecule has 2 N–H and O–H groups in total. The molecule has 0 aliphatic heterocycles. The van der Waals surface area contributed by atoms with Crippen molar-refractivity contribution >= 4 is 5.84 Å². The summed E-state index contributed by atoms with van der Waals surface area (Å²) < 4.78 is 0. The second-order valence-corrected chi connectivity index (χ2v) is 3.75. The second-order valence-electron chi connectivity index (χ2n) is 3.75. The lowest BCUT2D eigenvalue weighted by molar-refractivity contribution is 0.336. The molecular weight excluding hydrogens is 186 g/mol. The maximum Gasteiger partial charge on any atom is 0.0906 e. The average molecular weight is 205 g/mol. The molecule has 15 heavy (non-hydrogen) atoms. The number of nitrogens with two attached hydrogens (primary N) is 1. The van der Waals surface area contributed by atoms with E-state index in [-0.39, 0.29) is 0 Å². The van der Waals surface area contributed by atoms with Crippen LogP contribution in [0.1, 0.15) is 12.5 Å². The van der Waals surface area contributed by atoms with Gasteiger partial charge < -0.3 is 10.6 Å². The molecule has 0 unspecified atom stereocenters. The number of rotatable bonds is 5. The highest BCUT2D eigenvalue weighted by atomic mass is 15.1. The Morgan fingerprint density at radius 1 is 1.33 bits per heavy atom. The van der Waals surface area contributed by atoms with E-state index in [9.17, 15) is 0 Å². The van der Waals surface area contributed by atoms with Crippen LogP contribution in [0.25, 0.3) is 0 Å². The largest absolute Gasteiger partial charge is 0.388 e. The summed E-state index contributed by atoms with van der Waals surface area (Å²) in [7, 11) is 2.09. The van der Waals surface area contributed by atoms with Crippen molar-refractivity contribution in [2.45, 2.75) is 13.5 Å². The molecule has 1 rings (SSSR count). The maximum absolute atomic E-state index is 5.46. The molecule has 0 fully saturated rings. The molecule has 0 atom stereocenters. The van der Waals surface area contributed by atoms with Crippen molar-refractivity contribution in [2.24, 2.45) is 10.7 Å². The van der Waals surface area contributed by atoms with E-state index in [2.05, 4.69) is 41.2 Å². The third-order valence-electron chi connectivity index (χ3n) is 2.14. The molecule has 0 aliphatic carbocycles. The molecule has 0 saturated carbocycles. The van der Waals surface area contributed by atoms with Gasteiger partial charge in [0, 0.05) is 13.1 Å². The SMILES string of the molecule is CC(N)=NCCN(C)Cc1ccccc1. The van der Waals surface area contributed by atoms with Crippen molar-refractivity contribution in [3.63, 3.8) is 0 Å². The monoisotopic (exact) mass is 205 g/mol. The number of hydrogen-bond donors (Lipinski definition) is 1. The predicted molar refractivity (Wildman–Crippen MR) is 64.9 cm³/mol. The lowest BCUT2D eigenvalue weighted by Crippen LogP contribution is -2.22. The third-order valence-corrected chi connectivity index (χ3v) is 2.14. The van der Waals surface area contributed by atoms with Crippen molar-refractivity contribution in [3.05, 3.63) is 35.9 Å². The summed E-state index contributed by atoms with van der Waals surface area (Å²) in [6, 6.07) is 10.4. The van der Waals surface area contributed by atoms with E-state index in [4.69, 9.17) is 5.73 Å². The number of hydrogen-bond acceptors (Lipinski definition) is 2. The van der Waals surface area contributed by atoms with Gasteiger partial charge in [0.1, 0.15) is 0 Å². The summed E-state index contributed by atoms with van der Waals surface area (Å²) in [6.45, 7) is 4.48. The molecule has 0 saturated heterocycles. The van der Waals surface area contributed by atoms with Crippen molar-refractivity contribution in [1.29, 1.82) is 0 Å². The molecule has 0 radical (unpaired) electrons. The van der Waals surface area contributed by atoms with Gasteiger partial charge in [-0.05, 0) is 19.5 Å². The second kappa shape index (κ2) is 6.19. The summed E-state index contributed by atoms with van der Waals surface area (Å²) in [4.78, 5) is 6.40. The molecule has 1 aromatic carbocycles. The van der Waals surface area contributed by atoms with Crippen LogP contribution in [0.4, 0.5) is 0 Å². The van der Waals surface area contributed by atoms with Crippen LogP contribution >= 0.6 is 0 Å². The number of aliphatic imine (C=N–C) groups is 1. The van der Waals surface area contributed by atoms with Crippen molar-refractivity contribution in [3.8, 4) is 0 Å². The maximum atomic E-state index is 5.46. The molecule has 3 heteroatoms. The minimum atomic E-state index is 0.656. The van der Waals surface area contributed by atoms with Gasteiger partial charge in [-0.25, -0.2) is 0 Å². The zero-order chi connectivity index (χ0) is 11.1. The molecule has 0 bridgehead atoms. The zero-order valence-corrected chi connectivity index (χ0v) is 9.48. The lowest BCUT2D eigenvalue weighted by Gasteiger charge is -2.15. The Hall–Kier alpha value is -1.35. The van der Waals surface area contributed by atoms with Crippen molar-refractivity contribution in [1.82, 2.24) is 4.90 Å². The minimum Gasteiger partial charge on any atom is -0.388 e. The summed E-state index contributed by atoms with van der Waals surface area (Å²) >= 11 is 0. The van der Waals surface area contributed by atoms with Gasteiger partial charge in [-0.1, -0.05) is 30.3 Å². The highest BCUT2D eigenvalue weighted by Gasteiger charge is 1.98. The molecule has 82 valence electrons. The van der Waals surface area contributed by atoms with E-state index >= 15 is 0 Å². The fourth-order valence-corrected chi connectivity index (χ4v) is 1.37. The smallest absolute Gasteiger partial charge is 0.0906 e. The van der Waals surface area contributed by atoms with Crippen LogP contribution in [0.5, 0.6) is 0 Å². The van der Waals surface area contributed by atoms with Gasteiger partial charge in [-0.15, -0.1) is 0 Å². The Morgan fingerprint density at radius 2 is 2.00 bits per heavy atom. The quantitative estimate of drug-likeness (QED) is 0.584. The van der Waals surface area contributed by atoms with Crippen LogP contribution < -0.4 is 5.73 Å². The third kappa shape index (κ3) is 5.18. The van der Waals surface area contributed by atoms with Crippen LogP contribution in [0.3, 0.4) is 0 Å². The molecule has 0 spiro atoms. The number of likely N-dealkylation sites (N-methyl/N-ethyl adjacent to an activating group) is 1. The molecule has 0 aromatic heterocycles. The van der Waals surface area contributed by atoms with E-state index in [1.165, 1.54) is 5.56 Å². The Balaban J connectivity index is 2.30. The minimum absolute atomic E-state index is 0.656. The summed E-state index contributed by atoms with van der Waals surface area (Å²) in [5.74, 6) is 0.656. The van der Waals surface area contributed by atoms with Gasteiger partial charge in [0.15, 0.2) is 0 Å². The lowest BCUT2D eigenvalue weighted by atomic mass is 10.2. The van der Waals surface area contributed by atoms with Crippen molar-refractivity contribution in [2.75, 3.05) is 20.1 Å². The van der Waals surface area contributed by atoms with E-state index in [0.29, 0.717) is 5.84 Å². The van der Waals surface area contributed by atoms with Crippen LogP contribution in [-0.4, -0.2) is 30.9 Å². The number of amidine groups is 1. The summed E-state index contributed by atoms with van der Waals surface area (Å²) in [5, 5.41) is 0. The standard InChI is InChI=1S/C12H19N3/c1-11(13)14-8-9-15(2)10-12-6-4-3-5-7-12/h3-7H,8-10H2,1-2H3,(H2,13,14). The Kier molecular flexibility index (Phi) is 4.84. The van der Waals surface area contributed by atoms with E-state index < -0.39 is 0 Å². The van der Waals surface area contributed by atoms with Gasteiger partial charge >= 0.3 is 0 Å². The highest BCUT2D eigenvalue weighted by Crippen LogP contribution is 2.01. The first-order valence-corrected chi connectivity index (χ1v) is 5.17. The van der Waals surface area contributed by atoms with Gasteiger partial charge in [0.25, 0.3) is 0 Å². The first-order chi connectivity index (χ1) is 7.18. The Labute approximate surface area is 91.6 Å². The molecule has 0 amide bonds. The van der Waals surface area contributed by atoms with Gasteiger partial charge in [0.05, 0.1) is 12.4 Å². The van der Waals surface area contributed by atoms with Gasteiger partial charge in [0.2, 0.25) is 0 Å². The molecular formula is C12H19N3. The fourth-order valence-electron chi connectivity index (χ4n) is 1.37. The topological polar surface area (TPSA) is 41.6 Å². The first-order valence-electron chi connectivity index (χ1n) is 5.17. The highest BCUT2D eigenvalue weighted by molar-refractivity contribution is 5.77. The number of benzene rings is 1. The summed E-state index contributed by atoms with van der Waals surface area (Å²) in [6.07, 6.45) is 0. The molecule has 3 nitrogen and oxygen atoms in total. The predicted octanol–water partition coefficient (Wildman–Crippen LogP) is 1.50. The van der Waals surface area contributed by atoms with Crippen LogP contribution in [0.15, 0.2) is 35.3 Å². The van der Waals surface area contributed by atoms with Crippen molar-refractivity contribution < 1.29 is 0 Å². The van der Waals surface area contributed by atoms with Gasteiger partial charge in [-0.3, -0.25) is 4.99 Å². The first kappa shape index (κ1) is 11.7.